The van der Waals surface area contributed by atoms with Crippen LogP contribution in [0, 0.1) is 6.92 Å². The fourth-order valence-corrected chi connectivity index (χ4v) is 1.78. The normalized spacial score (nSPS) is 10.5. The highest BCUT2D eigenvalue weighted by atomic mass is 16.5. The molecule has 102 valence electrons. The zero-order valence-electron chi connectivity index (χ0n) is 11.1. The lowest BCUT2D eigenvalue weighted by atomic mass is 10.2. The van der Waals surface area contributed by atoms with E-state index in [1.54, 1.807) is 11.8 Å². The van der Waals surface area contributed by atoms with E-state index in [9.17, 15) is 0 Å². The van der Waals surface area contributed by atoms with E-state index >= 15 is 0 Å². The molecule has 1 aromatic heterocycles. The zero-order valence-corrected chi connectivity index (χ0v) is 11.1. The van der Waals surface area contributed by atoms with Gasteiger partial charge < -0.3 is 15.2 Å². The van der Waals surface area contributed by atoms with Gasteiger partial charge in [0.1, 0.15) is 11.4 Å². The van der Waals surface area contributed by atoms with E-state index in [0.717, 1.165) is 22.7 Å². The van der Waals surface area contributed by atoms with Crippen LogP contribution in [-0.2, 0) is 13.1 Å². The molecular weight excluding hydrogens is 244 g/mol. The number of benzene rings is 1. The topological polar surface area (TPSA) is 72.2 Å². The number of hydrogen-bond acceptors (Lipinski definition) is 5. The lowest BCUT2D eigenvalue weighted by molar-refractivity contribution is 0.268. The van der Waals surface area contributed by atoms with Gasteiger partial charge in [0.2, 0.25) is 0 Å². The van der Waals surface area contributed by atoms with Gasteiger partial charge in [-0.25, -0.2) is 4.68 Å². The molecular formula is C13H18N4O2. The summed E-state index contributed by atoms with van der Waals surface area (Å²) in [5.74, 6) is 0.844. The number of aromatic nitrogens is 3. The third-order valence-corrected chi connectivity index (χ3v) is 2.81. The summed E-state index contributed by atoms with van der Waals surface area (Å²) in [5.41, 5.74) is 2.99. The van der Waals surface area contributed by atoms with Crippen molar-refractivity contribution in [2.75, 3.05) is 19.0 Å². The number of nitrogens with zero attached hydrogens (tertiary/aromatic N) is 3. The van der Waals surface area contributed by atoms with Crippen LogP contribution in [0.25, 0.3) is 0 Å². The largest absolute Gasteiger partial charge is 0.497 e. The van der Waals surface area contributed by atoms with Crippen LogP contribution in [0.15, 0.2) is 24.4 Å². The molecule has 0 radical (unpaired) electrons. The number of aryl methyl sites for hydroxylation is 1. The summed E-state index contributed by atoms with van der Waals surface area (Å²) >= 11 is 0. The molecule has 0 atom stereocenters. The fourth-order valence-electron chi connectivity index (χ4n) is 1.78. The van der Waals surface area contributed by atoms with Crippen LogP contribution in [0.5, 0.6) is 5.75 Å². The first-order valence-corrected chi connectivity index (χ1v) is 6.11. The Morgan fingerprint density at radius 2 is 2.26 bits per heavy atom. The van der Waals surface area contributed by atoms with Gasteiger partial charge in [0.05, 0.1) is 33.0 Å². The number of methoxy groups -OCH3 is 1. The van der Waals surface area contributed by atoms with E-state index in [-0.39, 0.29) is 6.61 Å². The second kappa shape index (κ2) is 6.19. The molecule has 2 N–H and O–H groups in total. The van der Waals surface area contributed by atoms with Crippen molar-refractivity contribution in [3.8, 4) is 5.75 Å². The SMILES string of the molecule is COc1ccc(NCc2cn(CCO)nn2)c(C)c1. The lowest BCUT2D eigenvalue weighted by Crippen LogP contribution is -2.02. The van der Waals surface area contributed by atoms with Gasteiger partial charge in [0, 0.05) is 5.69 Å². The predicted octanol–water partition coefficient (Wildman–Crippen LogP) is 1.20. The van der Waals surface area contributed by atoms with Crippen molar-refractivity contribution in [3.05, 3.63) is 35.7 Å². The Bertz CT molecular complexity index is 539. The van der Waals surface area contributed by atoms with Gasteiger partial charge >= 0.3 is 0 Å². The highest BCUT2D eigenvalue weighted by molar-refractivity contribution is 5.53. The molecule has 0 spiro atoms. The molecule has 0 saturated heterocycles. The molecule has 0 amide bonds. The molecule has 6 heteroatoms. The minimum atomic E-state index is 0.0633. The number of ether oxygens (including phenoxy) is 1. The number of aliphatic hydroxyl groups is 1. The molecule has 0 aliphatic rings. The van der Waals surface area contributed by atoms with Crippen LogP contribution in [0.4, 0.5) is 5.69 Å². The standard InChI is InChI=1S/C13H18N4O2/c1-10-7-12(19-2)3-4-13(10)14-8-11-9-17(5-6-18)16-15-11/h3-4,7,9,14,18H,5-6,8H2,1-2H3. The molecule has 0 aliphatic heterocycles. The van der Waals surface area contributed by atoms with Crippen LogP contribution in [0.1, 0.15) is 11.3 Å². The molecule has 1 heterocycles. The smallest absolute Gasteiger partial charge is 0.119 e. The molecule has 2 aromatic rings. The third kappa shape index (κ3) is 3.45. The van der Waals surface area contributed by atoms with E-state index in [1.807, 2.05) is 31.3 Å². The first-order valence-electron chi connectivity index (χ1n) is 6.11. The zero-order chi connectivity index (χ0) is 13.7. The van der Waals surface area contributed by atoms with Gasteiger partial charge in [-0.05, 0) is 30.7 Å². The van der Waals surface area contributed by atoms with Crippen molar-refractivity contribution in [2.45, 2.75) is 20.0 Å². The van der Waals surface area contributed by atoms with Crippen LogP contribution >= 0.6 is 0 Å². The summed E-state index contributed by atoms with van der Waals surface area (Å²) in [7, 11) is 1.65. The predicted molar refractivity (Wildman–Crippen MR) is 72.2 cm³/mol. The maximum absolute atomic E-state index is 8.81. The molecule has 0 unspecified atom stereocenters. The highest BCUT2D eigenvalue weighted by Gasteiger charge is 2.03. The molecule has 6 nitrogen and oxygen atoms in total. The van der Waals surface area contributed by atoms with Crippen molar-refractivity contribution in [3.63, 3.8) is 0 Å². The summed E-state index contributed by atoms with van der Waals surface area (Å²) < 4.78 is 6.79. The van der Waals surface area contributed by atoms with Gasteiger partial charge in [0.25, 0.3) is 0 Å². The van der Waals surface area contributed by atoms with Gasteiger partial charge in [-0.15, -0.1) is 5.10 Å². The summed E-state index contributed by atoms with van der Waals surface area (Å²) in [6.07, 6.45) is 1.82. The monoisotopic (exact) mass is 262 g/mol. The van der Waals surface area contributed by atoms with E-state index < -0.39 is 0 Å². The molecule has 0 bridgehead atoms. The van der Waals surface area contributed by atoms with Crippen LogP contribution in [0.3, 0.4) is 0 Å². The first kappa shape index (κ1) is 13.4. The second-order valence-electron chi connectivity index (χ2n) is 4.23. The summed E-state index contributed by atoms with van der Waals surface area (Å²) in [6, 6.07) is 5.87. The van der Waals surface area contributed by atoms with E-state index in [2.05, 4.69) is 15.6 Å². The van der Waals surface area contributed by atoms with Gasteiger partial charge in [-0.3, -0.25) is 0 Å². The van der Waals surface area contributed by atoms with E-state index in [4.69, 9.17) is 9.84 Å². The molecule has 0 saturated carbocycles. The quantitative estimate of drug-likeness (QED) is 0.818. The van der Waals surface area contributed by atoms with Crippen LogP contribution in [0.2, 0.25) is 0 Å². The Labute approximate surface area is 112 Å². The average molecular weight is 262 g/mol. The molecule has 0 aliphatic carbocycles. The van der Waals surface area contributed by atoms with Gasteiger partial charge in [-0.1, -0.05) is 5.21 Å². The minimum Gasteiger partial charge on any atom is -0.497 e. The summed E-state index contributed by atoms with van der Waals surface area (Å²) in [6.45, 7) is 3.15. The van der Waals surface area contributed by atoms with Crippen LogP contribution in [-0.4, -0.2) is 33.8 Å². The Hall–Kier alpha value is -2.08. The number of rotatable bonds is 6. The second-order valence-corrected chi connectivity index (χ2v) is 4.23. The number of aliphatic hydroxyl groups excluding tert-OH is 1. The number of nitrogens with one attached hydrogen (secondary N) is 1. The molecule has 1 aromatic carbocycles. The molecule has 2 rings (SSSR count). The minimum absolute atomic E-state index is 0.0633. The Kier molecular flexibility index (Phi) is 4.35. The number of hydrogen-bond donors (Lipinski definition) is 2. The Morgan fingerprint density at radius 3 is 2.95 bits per heavy atom. The highest BCUT2D eigenvalue weighted by Crippen LogP contribution is 2.21. The maximum atomic E-state index is 8.81. The summed E-state index contributed by atoms with van der Waals surface area (Å²) in [4.78, 5) is 0. The maximum Gasteiger partial charge on any atom is 0.119 e. The summed E-state index contributed by atoms with van der Waals surface area (Å²) in [5, 5.41) is 20.1. The molecule has 0 fully saturated rings. The van der Waals surface area contributed by atoms with Gasteiger partial charge in [-0.2, -0.15) is 0 Å². The van der Waals surface area contributed by atoms with E-state index in [1.165, 1.54) is 0 Å². The fraction of sp³-hybridized carbons (Fsp3) is 0.385. The Morgan fingerprint density at radius 1 is 1.42 bits per heavy atom. The lowest BCUT2D eigenvalue weighted by Gasteiger charge is -2.09. The van der Waals surface area contributed by atoms with Crippen molar-refractivity contribution < 1.29 is 9.84 Å². The Balaban J connectivity index is 1.97. The van der Waals surface area contributed by atoms with Crippen molar-refractivity contribution >= 4 is 5.69 Å². The van der Waals surface area contributed by atoms with Gasteiger partial charge in [0.15, 0.2) is 0 Å². The van der Waals surface area contributed by atoms with E-state index in [0.29, 0.717) is 13.1 Å². The van der Waals surface area contributed by atoms with Crippen molar-refractivity contribution in [1.29, 1.82) is 0 Å². The van der Waals surface area contributed by atoms with Crippen molar-refractivity contribution in [1.82, 2.24) is 15.0 Å². The average Bonchev–Trinajstić information content (AvgIpc) is 2.85. The molecule has 19 heavy (non-hydrogen) atoms. The van der Waals surface area contributed by atoms with Crippen molar-refractivity contribution in [2.24, 2.45) is 0 Å². The third-order valence-electron chi connectivity index (χ3n) is 2.81. The first-order chi connectivity index (χ1) is 9.22. The van der Waals surface area contributed by atoms with Crippen LogP contribution < -0.4 is 10.1 Å². The number of anilines is 1.